The van der Waals surface area contributed by atoms with E-state index in [1.54, 1.807) is 0 Å². The molecule has 0 N–H and O–H groups in total. The van der Waals surface area contributed by atoms with Gasteiger partial charge in [0.1, 0.15) is 0 Å². The number of carbonyl (C=O) groups is 2. The highest BCUT2D eigenvalue weighted by Crippen LogP contribution is 2.23. The molecule has 0 saturated carbocycles. The van der Waals surface area contributed by atoms with Crippen molar-refractivity contribution in [1.82, 2.24) is 4.57 Å². The number of ketones is 1. The van der Waals surface area contributed by atoms with Crippen LogP contribution < -0.4 is 0 Å². The van der Waals surface area contributed by atoms with Crippen LogP contribution in [-0.2, 0) is 16.0 Å². The Morgan fingerprint density at radius 2 is 1.88 bits per heavy atom. The van der Waals surface area contributed by atoms with Crippen LogP contribution >= 0.6 is 27.3 Å². The lowest BCUT2D eigenvalue weighted by atomic mass is 10.1. The molecule has 26 heavy (non-hydrogen) atoms. The summed E-state index contributed by atoms with van der Waals surface area (Å²) in [5.74, 6) is -0.585. The molecule has 0 unspecified atom stereocenters. The Labute approximate surface area is 164 Å². The lowest BCUT2D eigenvalue weighted by molar-refractivity contribution is -0.141. The fourth-order valence-corrected chi connectivity index (χ4v) is 3.80. The second kappa shape index (κ2) is 8.01. The Bertz CT molecular complexity index is 927. The maximum Gasteiger partial charge on any atom is 0.310 e. The summed E-state index contributed by atoms with van der Waals surface area (Å²) in [6.45, 7) is 3.61. The first-order valence-electron chi connectivity index (χ1n) is 8.10. The zero-order chi connectivity index (χ0) is 18.7. The molecule has 6 heteroatoms. The Morgan fingerprint density at radius 3 is 2.54 bits per heavy atom. The van der Waals surface area contributed by atoms with Crippen LogP contribution in [0.15, 0.2) is 51.6 Å². The molecule has 2 heterocycles. The minimum Gasteiger partial charge on any atom is -0.457 e. The lowest BCUT2D eigenvalue weighted by Crippen LogP contribution is -2.16. The minimum absolute atomic E-state index is 0.189. The molecule has 0 aliphatic rings. The van der Waals surface area contributed by atoms with Gasteiger partial charge < -0.3 is 9.30 Å². The molecular formula is C20H18BrNO3S. The lowest BCUT2D eigenvalue weighted by Gasteiger charge is -2.10. The van der Waals surface area contributed by atoms with E-state index in [0.717, 1.165) is 27.1 Å². The molecule has 0 radical (unpaired) electrons. The van der Waals surface area contributed by atoms with Crippen LogP contribution in [0.4, 0.5) is 0 Å². The number of ether oxygens (including phenoxy) is 1. The normalized spacial score (nSPS) is 10.7. The number of hydrogen-bond donors (Lipinski definition) is 0. The number of carbonyl (C=O) groups excluding carboxylic acids is 2. The Hall–Kier alpha value is -2.18. The van der Waals surface area contributed by atoms with Gasteiger partial charge in [0.15, 0.2) is 6.61 Å². The largest absolute Gasteiger partial charge is 0.457 e. The van der Waals surface area contributed by atoms with Gasteiger partial charge in [-0.1, -0.05) is 15.9 Å². The summed E-state index contributed by atoms with van der Waals surface area (Å²) in [7, 11) is 0. The fraction of sp³-hybridized carbons (Fsp3) is 0.200. The van der Waals surface area contributed by atoms with Gasteiger partial charge in [0, 0.05) is 27.1 Å². The highest BCUT2D eigenvalue weighted by molar-refractivity contribution is 9.10. The van der Waals surface area contributed by atoms with E-state index in [-0.39, 0.29) is 18.8 Å². The molecule has 134 valence electrons. The molecule has 0 spiro atoms. The van der Waals surface area contributed by atoms with Gasteiger partial charge in [-0.05, 0) is 66.6 Å². The van der Waals surface area contributed by atoms with Crippen molar-refractivity contribution in [3.8, 4) is 5.69 Å². The topological polar surface area (TPSA) is 48.3 Å². The molecule has 0 bridgehead atoms. The Kier molecular flexibility index (Phi) is 5.74. The third-order valence-electron chi connectivity index (χ3n) is 4.11. The molecule has 0 amide bonds. The van der Waals surface area contributed by atoms with Crippen LogP contribution in [0.25, 0.3) is 5.69 Å². The van der Waals surface area contributed by atoms with Crippen molar-refractivity contribution in [3.63, 3.8) is 0 Å². The van der Waals surface area contributed by atoms with Gasteiger partial charge >= 0.3 is 5.97 Å². The summed E-state index contributed by atoms with van der Waals surface area (Å²) in [4.78, 5) is 24.4. The van der Waals surface area contributed by atoms with E-state index in [0.29, 0.717) is 5.56 Å². The van der Waals surface area contributed by atoms with Gasteiger partial charge in [-0.25, -0.2) is 0 Å². The van der Waals surface area contributed by atoms with Crippen LogP contribution in [0.1, 0.15) is 27.3 Å². The smallest absolute Gasteiger partial charge is 0.310 e. The van der Waals surface area contributed by atoms with Crippen molar-refractivity contribution in [1.29, 1.82) is 0 Å². The first-order valence-corrected chi connectivity index (χ1v) is 9.84. The van der Waals surface area contributed by atoms with E-state index in [1.165, 1.54) is 11.3 Å². The van der Waals surface area contributed by atoms with Crippen molar-refractivity contribution < 1.29 is 14.3 Å². The zero-order valence-electron chi connectivity index (χ0n) is 14.5. The number of nitrogens with zero attached hydrogens (tertiary/aromatic N) is 1. The van der Waals surface area contributed by atoms with E-state index >= 15 is 0 Å². The van der Waals surface area contributed by atoms with E-state index in [9.17, 15) is 9.59 Å². The standard InChI is InChI=1S/C20H18BrNO3S/c1-13-9-18(14(2)22(13)17-5-3-16(21)4-6-17)19(23)11-25-20(24)10-15-7-8-26-12-15/h3-9,12H,10-11H2,1-2H3. The molecule has 3 rings (SSSR count). The number of benzene rings is 1. The van der Waals surface area contributed by atoms with Crippen LogP contribution in [-0.4, -0.2) is 22.9 Å². The van der Waals surface area contributed by atoms with E-state index < -0.39 is 5.97 Å². The summed E-state index contributed by atoms with van der Waals surface area (Å²) in [6.07, 6.45) is 0.189. The molecular weight excluding hydrogens is 414 g/mol. The first kappa shape index (κ1) is 18.6. The van der Waals surface area contributed by atoms with Crippen molar-refractivity contribution in [2.75, 3.05) is 6.61 Å². The average molecular weight is 432 g/mol. The van der Waals surface area contributed by atoms with Crippen molar-refractivity contribution in [3.05, 3.63) is 74.1 Å². The van der Waals surface area contributed by atoms with Crippen LogP contribution in [0.5, 0.6) is 0 Å². The number of aryl methyl sites for hydroxylation is 1. The van der Waals surface area contributed by atoms with Gasteiger partial charge in [-0.2, -0.15) is 11.3 Å². The van der Waals surface area contributed by atoms with Crippen molar-refractivity contribution >= 4 is 39.0 Å². The van der Waals surface area contributed by atoms with Gasteiger partial charge in [-0.15, -0.1) is 0 Å². The van der Waals surface area contributed by atoms with Crippen molar-refractivity contribution in [2.45, 2.75) is 20.3 Å². The van der Waals surface area contributed by atoms with Gasteiger partial charge in [0.2, 0.25) is 5.78 Å². The number of rotatable bonds is 6. The SMILES string of the molecule is Cc1cc(C(=O)COC(=O)Cc2ccsc2)c(C)n1-c1ccc(Br)cc1. The number of hydrogen-bond acceptors (Lipinski definition) is 4. The predicted molar refractivity (Wildman–Crippen MR) is 106 cm³/mol. The molecule has 0 saturated heterocycles. The predicted octanol–water partition coefficient (Wildman–Crippen LogP) is 4.89. The number of Topliss-reactive ketones (excluding diaryl/α,β-unsaturated/α-hetero) is 1. The summed E-state index contributed by atoms with van der Waals surface area (Å²) >= 11 is 4.95. The monoisotopic (exact) mass is 431 g/mol. The summed E-state index contributed by atoms with van der Waals surface area (Å²) in [5.41, 5.74) is 4.26. The average Bonchev–Trinajstić information content (AvgIpc) is 3.22. The van der Waals surface area contributed by atoms with Crippen LogP contribution in [0, 0.1) is 13.8 Å². The fourth-order valence-electron chi connectivity index (χ4n) is 2.87. The molecule has 0 fully saturated rings. The van der Waals surface area contributed by atoms with Crippen LogP contribution in [0.3, 0.4) is 0 Å². The quantitative estimate of drug-likeness (QED) is 0.412. The number of aromatic nitrogens is 1. The molecule has 3 aromatic rings. The maximum atomic E-state index is 12.5. The number of halogens is 1. The molecule has 0 atom stereocenters. The Balaban J connectivity index is 1.71. The summed E-state index contributed by atoms with van der Waals surface area (Å²) in [5, 5.41) is 3.81. The summed E-state index contributed by atoms with van der Waals surface area (Å²) in [6, 6.07) is 11.6. The number of esters is 1. The third-order valence-corrected chi connectivity index (χ3v) is 5.37. The van der Waals surface area contributed by atoms with E-state index in [2.05, 4.69) is 15.9 Å². The van der Waals surface area contributed by atoms with Gasteiger partial charge in [-0.3, -0.25) is 9.59 Å². The first-order chi connectivity index (χ1) is 12.5. The van der Waals surface area contributed by atoms with Crippen molar-refractivity contribution in [2.24, 2.45) is 0 Å². The molecule has 0 aliphatic heterocycles. The molecule has 2 aromatic heterocycles. The highest BCUT2D eigenvalue weighted by atomic mass is 79.9. The Morgan fingerprint density at radius 1 is 1.15 bits per heavy atom. The maximum absolute atomic E-state index is 12.5. The molecule has 0 aliphatic carbocycles. The van der Waals surface area contributed by atoms with Gasteiger partial charge in [0.25, 0.3) is 0 Å². The summed E-state index contributed by atoms with van der Waals surface area (Å²) < 4.78 is 8.18. The minimum atomic E-state index is -0.390. The highest BCUT2D eigenvalue weighted by Gasteiger charge is 2.18. The third kappa shape index (κ3) is 4.14. The van der Waals surface area contributed by atoms with Gasteiger partial charge in [0.05, 0.1) is 6.42 Å². The second-order valence-corrected chi connectivity index (χ2v) is 7.68. The van der Waals surface area contributed by atoms with Crippen LogP contribution in [0.2, 0.25) is 0 Å². The van der Waals surface area contributed by atoms with E-state index in [1.807, 2.05) is 65.6 Å². The second-order valence-electron chi connectivity index (χ2n) is 5.99. The molecule has 1 aromatic carbocycles. The van der Waals surface area contributed by atoms with E-state index in [4.69, 9.17) is 4.74 Å². The number of thiophene rings is 1. The molecule has 4 nitrogen and oxygen atoms in total. The zero-order valence-corrected chi connectivity index (χ0v) is 16.9.